The lowest BCUT2D eigenvalue weighted by Gasteiger charge is -2.20. The molecule has 0 amide bonds. The molecule has 0 aliphatic carbocycles. The van der Waals surface area contributed by atoms with E-state index in [4.69, 9.17) is 10.1 Å². The Morgan fingerprint density at radius 1 is 1.35 bits per heavy atom. The second kappa shape index (κ2) is 4.35. The summed E-state index contributed by atoms with van der Waals surface area (Å²) in [5.74, 6) is 0. The molecule has 1 heterocycles. The van der Waals surface area contributed by atoms with E-state index >= 15 is 0 Å². The molecule has 0 radical (unpaired) electrons. The lowest BCUT2D eigenvalue weighted by Crippen LogP contribution is -2.26. The average Bonchev–Trinajstić information content (AvgIpc) is 3.04. The summed E-state index contributed by atoms with van der Waals surface area (Å²) in [7, 11) is 0. The second-order valence-electron chi connectivity index (χ2n) is 3.68. The molecule has 90 valence electrons. The van der Waals surface area contributed by atoms with Crippen LogP contribution in [0.2, 0.25) is 0 Å². The van der Waals surface area contributed by atoms with Gasteiger partial charge in [0.05, 0.1) is 12.6 Å². The maximum Gasteiger partial charge on any atom is 0.420 e. The molecular formula is C11H9F3N2O. The molecule has 2 rings (SSSR count). The fourth-order valence-electron chi connectivity index (χ4n) is 1.42. The number of nitriles is 1. The fraction of sp³-hybridized carbons (Fsp3) is 0.364. The minimum atomic E-state index is -4.50. The molecule has 0 spiro atoms. The third-order valence-corrected chi connectivity index (χ3v) is 2.36. The highest BCUT2D eigenvalue weighted by atomic mass is 19.4. The number of rotatable bonds is 3. The third kappa shape index (κ3) is 2.75. The molecule has 0 saturated carbocycles. The van der Waals surface area contributed by atoms with Crippen LogP contribution in [0.1, 0.15) is 11.7 Å². The van der Waals surface area contributed by atoms with E-state index in [0.29, 0.717) is 0 Å². The number of halogens is 3. The molecule has 1 aliphatic heterocycles. The van der Waals surface area contributed by atoms with Gasteiger partial charge >= 0.3 is 6.18 Å². The molecule has 1 aliphatic rings. The molecule has 0 N–H and O–H groups in total. The van der Waals surface area contributed by atoms with Crippen LogP contribution < -0.4 is 0 Å². The average molecular weight is 242 g/mol. The number of hydroxylamine groups is 2. The molecule has 1 saturated heterocycles. The molecule has 1 fully saturated rings. The number of nitrogens with zero attached hydrogens (tertiary/aromatic N) is 2. The predicted octanol–water partition coefficient (Wildman–Crippen LogP) is 2.43. The van der Waals surface area contributed by atoms with Crippen molar-refractivity contribution < 1.29 is 18.0 Å². The highest BCUT2D eigenvalue weighted by Crippen LogP contribution is 2.38. The van der Waals surface area contributed by atoms with E-state index in [-0.39, 0.29) is 12.1 Å². The normalized spacial score (nSPS) is 25.1. The van der Waals surface area contributed by atoms with Crippen molar-refractivity contribution in [3.63, 3.8) is 0 Å². The molecule has 1 aromatic carbocycles. The van der Waals surface area contributed by atoms with Gasteiger partial charge in [-0.25, -0.2) is 0 Å². The topological polar surface area (TPSA) is 36.0 Å². The molecule has 6 heteroatoms. The molecule has 1 aromatic rings. The van der Waals surface area contributed by atoms with Crippen molar-refractivity contribution >= 4 is 0 Å². The van der Waals surface area contributed by atoms with Crippen molar-refractivity contribution in [1.29, 1.82) is 5.26 Å². The molecule has 0 aromatic heterocycles. The summed E-state index contributed by atoms with van der Waals surface area (Å²) in [6.07, 6.45) is -6.51. The lowest BCUT2D eigenvalue weighted by atomic mass is 10.1. The quantitative estimate of drug-likeness (QED) is 0.764. The Kier molecular flexibility index (Phi) is 3.05. The minimum absolute atomic E-state index is 0.0311. The Hall–Kier alpha value is -1.58. The summed E-state index contributed by atoms with van der Waals surface area (Å²) in [6, 6.07) is 8.63. The molecule has 17 heavy (non-hydrogen) atoms. The van der Waals surface area contributed by atoms with Crippen LogP contribution in [0.5, 0.6) is 0 Å². The standard InChI is InChI=1S/C11H9F3N2O/c12-11(13,14)10(8-4-2-1-3-5-8)17-16-7-9(16)6-15/h1-5,9-10H,7H2. The van der Waals surface area contributed by atoms with Crippen molar-refractivity contribution in [1.82, 2.24) is 5.06 Å². The highest BCUT2D eigenvalue weighted by molar-refractivity contribution is 5.19. The third-order valence-electron chi connectivity index (χ3n) is 2.36. The first-order valence-corrected chi connectivity index (χ1v) is 4.97. The van der Waals surface area contributed by atoms with Gasteiger partial charge in [0, 0.05) is 0 Å². The van der Waals surface area contributed by atoms with Gasteiger partial charge in [0.1, 0.15) is 6.04 Å². The summed E-state index contributed by atoms with van der Waals surface area (Å²) >= 11 is 0. The number of hydrogen-bond donors (Lipinski definition) is 0. The Bertz CT molecular complexity index is 427. The van der Waals surface area contributed by atoms with Crippen molar-refractivity contribution in [2.24, 2.45) is 0 Å². The molecule has 3 nitrogen and oxygen atoms in total. The summed E-state index contributed by atoms with van der Waals surface area (Å²) in [6.45, 7) is 0.218. The van der Waals surface area contributed by atoms with E-state index in [2.05, 4.69) is 0 Å². The minimum Gasteiger partial charge on any atom is -0.280 e. The second-order valence-corrected chi connectivity index (χ2v) is 3.68. The van der Waals surface area contributed by atoms with Gasteiger partial charge in [0.25, 0.3) is 0 Å². The molecule has 3 unspecified atom stereocenters. The van der Waals surface area contributed by atoms with Crippen LogP contribution in [-0.4, -0.2) is 23.8 Å². The van der Waals surface area contributed by atoms with Crippen LogP contribution in [-0.2, 0) is 4.84 Å². The first-order valence-electron chi connectivity index (χ1n) is 4.97. The van der Waals surface area contributed by atoms with Crippen LogP contribution in [0.4, 0.5) is 13.2 Å². The van der Waals surface area contributed by atoms with Crippen molar-refractivity contribution in [3.8, 4) is 6.07 Å². The van der Waals surface area contributed by atoms with E-state index in [0.717, 1.165) is 5.06 Å². The van der Waals surface area contributed by atoms with Gasteiger partial charge in [0.15, 0.2) is 6.10 Å². The van der Waals surface area contributed by atoms with Crippen molar-refractivity contribution in [2.45, 2.75) is 18.3 Å². The maximum absolute atomic E-state index is 12.8. The Labute approximate surface area is 96.0 Å². The molecule has 0 bridgehead atoms. The van der Waals surface area contributed by atoms with E-state index in [1.54, 1.807) is 6.07 Å². The Balaban J connectivity index is 2.13. The molecule has 3 atom stereocenters. The predicted molar refractivity (Wildman–Crippen MR) is 52.4 cm³/mol. The monoisotopic (exact) mass is 242 g/mol. The van der Waals surface area contributed by atoms with Crippen molar-refractivity contribution in [2.75, 3.05) is 6.54 Å². The summed E-state index contributed by atoms with van der Waals surface area (Å²) in [5.41, 5.74) is 0.0311. The summed E-state index contributed by atoms with van der Waals surface area (Å²) < 4.78 is 38.4. The first-order chi connectivity index (χ1) is 8.02. The number of hydrogen-bond acceptors (Lipinski definition) is 3. The van der Waals surface area contributed by atoms with Crippen LogP contribution in [0, 0.1) is 11.3 Å². The zero-order chi connectivity index (χ0) is 12.5. The summed E-state index contributed by atoms with van der Waals surface area (Å²) in [4.78, 5) is 4.80. The van der Waals surface area contributed by atoms with Gasteiger partial charge in [-0.2, -0.15) is 23.5 Å². The Morgan fingerprint density at radius 2 is 2.00 bits per heavy atom. The van der Waals surface area contributed by atoms with Crippen molar-refractivity contribution in [3.05, 3.63) is 35.9 Å². The first kappa shape index (κ1) is 11.9. The number of alkyl halides is 3. The van der Waals surface area contributed by atoms with E-state index < -0.39 is 18.3 Å². The van der Waals surface area contributed by atoms with E-state index in [1.165, 1.54) is 24.3 Å². The maximum atomic E-state index is 12.8. The summed E-state index contributed by atoms with van der Waals surface area (Å²) in [5, 5.41) is 9.54. The van der Waals surface area contributed by atoms with Crippen LogP contribution in [0.25, 0.3) is 0 Å². The van der Waals surface area contributed by atoms with Crippen LogP contribution in [0.3, 0.4) is 0 Å². The van der Waals surface area contributed by atoms with Gasteiger partial charge in [-0.3, -0.25) is 4.84 Å². The van der Waals surface area contributed by atoms with Crippen LogP contribution in [0.15, 0.2) is 30.3 Å². The zero-order valence-electron chi connectivity index (χ0n) is 8.69. The largest absolute Gasteiger partial charge is 0.420 e. The Morgan fingerprint density at radius 3 is 2.47 bits per heavy atom. The van der Waals surface area contributed by atoms with Gasteiger partial charge in [-0.1, -0.05) is 30.3 Å². The van der Waals surface area contributed by atoms with E-state index in [1.807, 2.05) is 6.07 Å². The zero-order valence-corrected chi connectivity index (χ0v) is 8.69. The van der Waals surface area contributed by atoms with Gasteiger partial charge in [0.2, 0.25) is 0 Å². The lowest BCUT2D eigenvalue weighted by molar-refractivity contribution is -0.273. The smallest absolute Gasteiger partial charge is 0.280 e. The fourth-order valence-corrected chi connectivity index (χ4v) is 1.42. The SMILES string of the molecule is N#CC1CN1OC(c1ccccc1)C(F)(F)F. The number of benzene rings is 1. The molecular weight excluding hydrogens is 233 g/mol. The van der Waals surface area contributed by atoms with E-state index in [9.17, 15) is 13.2 Å². The van der Waals surface area contributed by atoms with Gasteiger partial charge in [-0.15, -0.1) is 0 Å². The van der Waals surface area contributed by atoms with Gasteiger partial charge < -0.3 is 0 Å². The van der Waals surface area contributed by atoms with Crippen LogP contribution >= 0.6 is 0 Å². The van der Waals surface area contributed by atoms with Gasteiger partial charge in [-0.05, 0) is 5.56 Å². The highest BCUT2D eigenvalue weighted by Gasteiger charge is 2.48.